The van der Waals surface area contributed by atoms with Crippen LogP contribution < -0.4 is 0 Å². The van der Waals surface area contributed by atoms with E-state index in [0.717, 1.165) is 49.1 Å². The van der Waals surface area contributed by atoms with Gasteiger partial charge in [-0.1, -0.05) is 83.4 Å². The van der Waals surface area contributed by atoms with Crippen molar-refractivity contribution in [2.75, 3.05) is 0 Å². The van der Waals surface area contributed by atoms with Crippen LogP contribution in [0.1, 0.15) is 37.3 Å². The second-order valence-electron chi connectivity index (χ2n) is 7.14. The maximum atomic E-state index is 6.57. The summed E-state index contributed by atoms with van der Waals surface area (Å²) in [5.74, 6) is 0.320. The molecule has 30 heavy (non-hydrogen) atoms. The predicted molar refractivity (Wildman–Crippen MR) is 129 cm³/mol. The maximum Gasteiger partial charge on any atom is 0.168 e. The van der Waals surface area contributed by atoms with Crippen LogP contribution in [0.4, 0.5) is 0 Å². The lowest BCUT2D eigenvalue weighted by Crippen LogP contribution is -2.01. The summed E-state index contributed by atoms with van der Waals surface area (Å²) in [7, 11) is 0. The van der Waals surface area contributed by atoms with E-state index in [2.05, 4.69) is 59.0 Å². The van der Waals surface area contributed by atoms with Gasteiger partial charge in [-0.05, 0) is 36.8 Å². The van der Waals surface area contributed by atoms with Crippen LogP contribution in [0.5, 0.6) is 0 Å². The zero-order chi connectivity index (χ0) is 21.4. The van der Waals surface area contributed by atoms with E-state index in [-0.39, 0.29) is 0 Å². The average Bonchev–Trinajstić information content (AvgIpc) is 3.33. The third-order valence-electron chi connectivity index (χ3n) is 4.73. The summed E-state index contributed by atoms with van der Waals surface area (Å²) < 4.78 is 2.91. The van der Waals surface area contributed by atoms with E-state index >= 15 is 0 Å². The Balaban J connectivity index is 2.00. The van der Waals surface area contributed by atoms with Gasteiger partial charge in [0, 0.05) is 26.5 Å². The predicted octanol–water partition coefficient (Wildman–Crippen LogP) is 7.81. The third-order valence-corrected chi connectivity index (χ3v) is 7.03. The molecule has 0 radical (unpaired) electrons. The molecule has 0 aliphatic heterocycles. The first kappa shape index (κ1) is 21.5. The summed E-state index contributed by atoms with van der Waals surface area (Å²) >= 11 is 17.8. The zero-order valence-corrected chi connectivity index (χ0v) is 20.6. The Morgan fingerprint density at radius 2 is 1.80 bits per heavy atom. The van der Waals surface area contributed by atoms with E-state index in [0.29, 0.717) is 16.0 Å². The van der Waals surface area contributed by atoms with Crippen molar-refractivity contribution in [2.24, 2.45) is 0 Å². The minimum Gasteiger partial charge on any atom is -0.231 e. The molecule has 4 nitrogen and oxygen atoms in total. The monoisotopic (exact) mass is 520 g/mol. The van der Waals surface area contributed by atoms with Crippen LogP contribution in [0, 0.1) is 0 Å². The van der Waals surface area contributed by atoms with Crippen LogP contribution in [0.15, 0.2) is 46.9 Å². The molecule has 8 heteroatoms. The fourth-order valence-corrected chi connectivity index (χ4v) is 4.86. The summed E-state index contributed by atoms with van der Waals surface area (Å²) in [5.41, 5.74) is 4.76. The number of halogens is 3. The zero-order valence-electron chi connectivity index (χ0n) is 16.7. The van der Waals surface area contributed by atoms with Crippen LogP contribution in [-0.2, 0) is 6.42 Å². The molecular formula is C22H19BrCl2N4S. The molecule has 0 bridgehead atoms. The van der Waals surface area contributed by atoms with Crippen molar-refractivity contribution in [1.29, 1.82) is 0 Å². The standard InChI is InChI=1S/C22H19BrCl2N4S/c1-4-16-19(22-27-26-21(30-22)12(2)3)28-29(18-10-9-15(24)11-17(18)25)20(16)13-5-7-14(23)8-6-13/h5-12H,4H2,1-3H3. The van der Waals surface area contributed by atoms with Crippen LogP contribution >= 0.6 is 50.5 Å². The highest BCUT2D eigenvalue weighted by Gasteiger charge is 2.24. The largest absolute Gasteiger partial charge is 0.231 e. The van der Waals surface area contributed by atoms with Crippen molar-refractivity contribution in [3.05, 3.63) is 67.6 Å². The van der Waals surface area contributed by atoms with Gasteiger partial charge in [0.1, 0.15) is 10.7 Å². The molecule has 0 atom stereocenters. The summed E-state index contributed by atoms with van der Waals surface area (Å²) in [5, 5.41) is 16.7. The molecule has 0 fully saturated rings. The normalized spacial score (nSPS) is 11.4. The van der Waals surface area contributed by atoms with Gasteiger partial charge in [-0.2, -0.15) is 5.10 Å². The van der Waals surface area contributed by atoms with E-state index in [1.54, 1.807) is 17.4 Å². The smallest absolute Gasteiger partial charge is 0.168 e. The Morgan fingerprint density at radius 1 is 1.07 bits per heavy atom. The Bertz CT molecular complexity index is 1200. The Hall–Kier alpha value is -1.73. The van der Waals surface area contributed by atoms with E-state index in [1.165, 1.54) is 0 Å². The molecule has 0 amide bonds. The number of aromatic nitrogens is 4. The summed E-state index contributed by atoms with van der Waals surface area (Å²) in [4.78, 5) is 0. The number of benzene rings is 2. The van der Waals surface area contributed by atoms with Gasteiger partial charge in [-0.3, -0.25) is 0 Å². The minimum absolute atomic E-state index is 0.320. The highest BCUT2D eigenvalue weighted by Crippen LogP contribution is 2.38. The topological polar surface area (TPSA) is 43.6 Å². The molecule has 0 saturated carbocycles. The van der Waals surface area contributed by atoms with Gasteiger partial charge >= 0.3 is 0 Å². The highest BCUT2D eigenvalue weighted by molar-refractivity contribution is 9.10. The molecule has 2 aromatic heterocycles. The Labute approximate surface area is 198 Å². The van der Waals surface area contributed by atoms with Gasteiger partial charge in [0.05, 0.1) is 16.4 Å². The molecule has 0 aliphatic carbocycles. The van der Waals surface area contributed by atoms with Gasteiger partial charge in [0.15, 0.2) is 5.01 Å². The maximum absolute atomic E-state index is 6.57. The number of nitrogens with zero attached hydrogens (tertiary/aromatic N) is 4. The van der Waals surface area contributed by atoms with Gasteiger partial charge < -0.3 is 0 Å². The van der Waals surface area contributed by atoms with Crippen molar-refractivity contribution in [1.82, 2.24) is 20.0 Å². The molecular weight excluding hydrogens is 503 g/mol. The summed E-state index contributed by atoms with van der Waals surface area (Å²) in [6.07, 6.45) is 0.794. The van der Waals surface area contributed by atoms with Gasteiger partial charge in [0.2, 0.25) is 0 Å². The van der Waals surface area contributed by atoms with Crippen LogP contribution in [0.2, 0.25) is 10.0 Å². The van der Waals surface area contributed by atoms with Gasteiger partial charge in [0.25, 0.3) is 0 Å². The molecule has 154 valence electrons. The molecule has 4 rings (SSSR count). The quantitative estimate of drug-likeness (QED) is 0.269. The molecule has 0 spiro atoms. The van der Waals surface area contributed by atoms with Crippen molar-refractivity contribution in [3.8, 4) is 27.6 Å². The molecule has 0 aliphatic rings. The summed E-state index contributed by atoms with van der Waals surface area (Å²) in [6.45, 7) is 6.36. The first-order chi connectivity index (χ1) is 14.4. The lowest BCUT2D eigenvalue weighted by Gasteiger charge is -2.11. The number of rotatable bonds is 5. The van der Waals surface area contributed by atoms with E-state index in [1.807, 2.05) is 28.9 Å². The average molecular weight is 522 g/mol. The molecule has 0 unspecified atom stereocenters. The molecule has 2 aromatic carbocycles. The Morgan fingerprint density at radius 3 is 2.40 bits per heavy atom. The van der Waals surface area contributed by atoms with Gasteiger partial charge in [-0.25, -0.2) is 4.68 Å². The van der Waals surface area contributed by atoms with Crippen molar-refractivity contribution < 1.29 is 0 Å². The van der Waals surface area contributed by atoms with Crippen molar-refractivity contribution in [2.45, 2.75) is 33.1 Å². The molecule has 0 N–H and O–H groups in total. The number of hydrogen-bond acceptors (Lipinski definition) is 4. The van der Waals surface area contributed by atoms with Crippen molar-refractivity contribution >= 4 is 50.5 Å². The minimum atomic E-state index is 0.320. The van der Waals surface area contributed by atoms with E-state index in [9.17, 15) is 0 Å². The van der Waals surface area contributed by atoms with Crippen LogP contribution in [0.3, 0.4) is 0 Å². The highest BCUT2D eigenvalue weighted by atomic mass is 79.9. The second-order valence-corrected chi connectivity index (χ2v) is 9.91. The van der Waals surface area contributed by atoms with Crippen LogP contribution in [-0.4, -0.2) is 20.0 Å². The summed E-state index contributed by atoms with van der Waals surface area (Å²) in [6, 6.07) is 13.6. The third kappa shape index (κ3) is 4.06. The van der Waals surface area contributed by atoms with Crippen LogP contribution in [0.25, 0.3) is 27.6 Å². The number of hydrogen-bond donors (Lipinski definition) is 0. The SMILES string of the molecule is CCc1c(-c2nnc(C(C)C)s2)nn(-c2ccc(Cl)cc2Cl)c1-c1ccc(Br)cc1. The van der Waals surface area contributed by atoms with E-state index < -0.39 is 0 Å². The first-order valence-electron chi connectivity index (χ1n) is 9.56. The second kappa shape index (κ2) is 8.79. The first-order valence-corrected chi connectivity index (χ1v) is 11.9. The van der Waals surface area contributed by atoms with Gasteiger partial charge in [-0.15, -0.1) is 10.2 Å². The molecule has 4 aromatic rings. The van der Waals surface area contributed by atoms with Crippen molar-refractivity contribution in [3.63, 3.8) is 0 Å². The lowest BCUT2D eigenvalue weighted by molar-refractivity contribution is 0.824. The fourth-order valence-electron chi connectivity index (χ4n) is 3.25. The molecule has 2 heterocycles. The fraction of sp³-hybridized carbons (Fsp3) is 0.227. The Kier molecular flexibility index (Phi) is 6.30. The molecule has 0 saturated heterocycles. The van der Waals surface area contributed by atoms with E-state index in [4.69, 9.17) is 28.3 Å². The lowest BCUT2D eigenvalue weighted by atomic mass is 10.0.